The summed E-state index contributed by atoms with van der Waals surface area (Å²) in [6, 6.07) is 0. The van der Waals surface area contributed by atoms with Crippen molar-refractivity contribution >= 4 is 47.6 Å². The summed E-state index contributed by atoms with van der Waals surface area (Å²) in [4.78, 5) is 0. The summed E-state index contributed by atoms with van der Waals surface area (Å²) < 4.78 is 0. The van der Waals surface area contributed by atoms with Gasteiger partial charge in [0.25, 0.3) is 0 Å². The quantitative estimate of drug-likeness (QED) is 0.216. The van der Waals surface area contributed by atoms with Gasteiger partial charge < -0.3 is 9.41 Å². The normalized spacial score (nSPS) is 0. The van der Waals surface area contributed by atoms with Gasteiger partial charge in [0.1, 0.15) is 0 Å². The van der Waals surface area contributed by atoms with E-state index in [1.807, 2.05) is 0 Å². The van der Waals surface area contributed by atoms with E-state index in [1.165, 1.54) is 0 Å². The molecular formula is H3CaF2P. The minimum atomic E-state index is 0. The van der Waals surface area contributed by atoms with Crippen molar-refractivity contribution in [1.29, 1.82) is 0 Å². The van der Waals surface area contributed by atoms with E-state index in [9.17, 15) is 0 Å². The van der Waals surface area contributed by atoms with Crippen LogP contribution in [0.25, 0.3) is 0 Å². The molecule has 0 bridgehead atoms. The molecule has 0 amide bonds. The predicted molar refractivity (Wildman–Crippen MR) is 16.9 cm³/mol. The van der Waals surface area contributed by atoms with E-state index < -0.39 is 0 Å². The molecule has 24 valence electrons. The van der Waals surface area contributed by atoms with Crippen molar-refractivity contribution in [2.45, 2.75) is 0 Å². The summed E-state index contributed by atoms with van der Waals surface area (Å²) in [6.45, 7) is 0. The molecule has 0 aliphatic rings. The summed E-state index contributed by atoms with van der Waals surface area (Å²) in [5.41, 5.74) is 0. The number of rotatable bonds is 0. The number of halogens is 2. The van der Waals surface area contributed by atoms with Crippen molar-refractivity contribution in [3.05, 3.63) is 0 Å². The fourth-order valence-corrected chi connectivity index (χ4v) is 0. The zero-order valence-corrected chi connectivity index (χ0v) is 5.79. The molecule has 0 aromatic rings. The van der Waals surface area contributed by atoms with E-state index in [0.717, 1.165) is 0 Å². The maximum atomic E-state index is 0. The van der Waals surface area contributed by atoms with Gasteiger partial charge in [0.2, 0.25) is 0 Å². The monoisotopic (exact) mass is 112 g/mol. The molecule has 0 aromatic heterocycles. The Balaban J connectivity index is 0. The fourth-order valence-electron chi connectivity index (χ4n) is 0. The van der Waals surface area contributed by atoms with E-state index in [0.29, 0.717) is 0 Å². The van der Waals surface area contributed by atoms with Crippen LogP contribution < -0.4 is 9.41 Å². The van der Waals surface area contributed by atoms with Gasteiger partial charge >= 0.3 is 37.7 Å². The molecule has 4 heavy (non-hydrogen) atoms. The standard InChI is InChI=1S/Ca.2FH.H3P/h;2*1H;1H3/q+2;;;/p-2. The van der Waals surface area contributed by atoms with E-state index in [4.69, 9.17) is 0 Å². The minimum Gasteiger partial charge on any atom is -1.00 e. The molecular weight excluding hydrogens is 109 g/mol. The molecule has 0 aliphatic heterocycles. The van der Waals surface area contributed by atoms with Gasteiger partial charge in [-0.05, 0) is 0 Å². The largest absolute Gasteiger partial charge is 2.00 e. The van der Waals surface area contributed by atoms with Crippen LogP contribution in [0.1, 0.15) is 0 Å². The Kier molecular flexibility index (Phi) is 285. The molecule has 0 N–H and O–H groups in total. The summed E-state index contributed by atoms with van der Waals surface area (Å²) in [5, 5.41) is 0. The molecule has 0 saturated carbocycles. The molecule has 0 heterocycles. The molecule has 0 saturated heterocycles. The summed E-state index contributed by atoms with van der Waals surface area (Å²) in [6.07, 6.45) is 0. The number of hydrogen-bond donors (Lipinski definition) is 0. The van der Waals surface area contributed by atoms with Crippen LogP contribution in [0.2, 0.25) is 0 Å². The van der Waals surface area contributed by atoms with Crippen LogP contribution in [0.5, 0.6) is 0 Å². The van der Waals surface area contributed by atoms with Crippen molar-refractivity contribution in [1.82, 2.24) is 0 Å². The Bertz CT molecular complexity index is 6.00. The molecule has 1 atom stereocenters. The molecule has 1 unspecified atom stereocenters. The zero-order valence-electron chi connectivity index (χ0n) is 2.17. The third-order valence-corrected chi connectivity index (χ3v) is 0. The molecule has 0 fully saturated rings. The maximum absolute atomic E-state index is 0. The van der Waals surface area contributed by atoms with E-state index in [-0.39, 0.29) is 57.0 Å². The topological polar surface area (TPSA) is 0 Å². The second-order valence-electron chi connectivity index (χ2n) is 0. The average Bonchev–Trinajstić information content (AvgIpc) is 0. The van der Waals surface area contributed by atoms with Gasteiger partial charge in [-0.25, -0.2) is 0 Å². The third kappa shape index (κ3) is 9.61. The van der Waals surface area contributed by atoms with Gasteiger partial charge in [0.05, 0.1) is 0 Å². The zero-order chi connectivity index (χ0) is 0. The van der Waals surface area contributed by atoms with E-state index >= 15 is 0 Å². The van der Waals surface area contributed by atoms with Crippen molar-refractivity contribution in [3.63, 3.8) is 0 Å². The third-order valence-electron chi connectivity index (χ3n) is 0. The Morgan fingerprint density at radius 2 is 0.750 bits per heavy atom. The first-order valence-corrected chi connectivity index (χ1v) is 0. The van der Waals surface area contributed by atoms with Crippen molar-refractivity contribution in [2.75, 3.05) is 0 Å². The van der Waals surface area contributed by atoms with Crippen molar-refractivity contribution in [2.24, 2.45) is 0 Å². The second kappa shape index (κ2) is 23.9. The van der Waals surface area contributed by atoms with Crippen molar-refractivity contribution in [3.8, 4) is 0 Å². The minimum absolute atomic E-state index is 0. The van der Waals surface area contributed by atoms with Crippen LogP contribution in [0, 0.1) is 0 Å². The van der Waals surface area contributed by atoms with Gasteiger partial charge in [-0.15, -0.1) is 0 Å². The Morgan fingerprint density at radius 3 is 0.750 bits per heavy atom. The first-order valence-electron chi connectivity index (χ1n) is 0. The molecule has 4 heteroatoms. The molecule has 0 radical (unpaired) electrons. The first kappa shape index (κ1) is 47.8. The fraction of sp³-hybridized carbons (Fsp3) is 0. The maximum Gasteiger partial charge on any atom is 2.00 e. The SMILES string of the molecule is P.[Ca+2].[F-].[F-]. The smallest absolute Gasteiger partial charge is 1.00 e. The van der Waals surface area contributed by atoms with Crippen LogP contribution in [-0.2, 0) is 0 Å². The van der Waals surface area contributed by atoms with Crippen LogP contribution >= 0.6 is 9.90 Å². The molecule has 0 aromatic carbocycles. The van der Waals surface area contributed by atoms with Crippen LogP contribution in [0.4, 0.5) is 0 Å². The molecule has 0 nitrogen and oxygen atoms in total. The van der Waals surface area contributed by atoms with Crippen LogP contribution in [0.15, 0.2) is 0 Å². The number of hydrogen-bond acceptors (Lipinski definition) is 0. The van der Waals surface area contributed by atoms with Crippen molar-refractivity contribution < 1.29 is 9.41 Å². The van der Waals surface area contributed by atoms with Gasteiger partial charge in [0.15, 0.2) is 0 Å². The van der Waals surface area contributed by atoms with E-state index in [1.54, 1.807) is 0 Å². The molecule has 0 rings (SSSR count). The van der Waals surface area contributed by atoms with Gasteiger partial charge in [-0.2, -0.15) is 9.90 Å². The van der Waals surface area contributed by atoms with Crippen LogP contribution in [-0.4, -0.2) is 37.7 Å². The van der Waals surface area contributed by atoms with Crippen LogP contribution in [0.3, 0.4) is 0 Å². The Hall–Kier alpha value is 1.55. The Labute approximate surface area is 56.7 Å². The molecule has 0 spiro atoms. The summed E-state index contributed by atoms with van der Waals surface area (Å²) in [5.74, 6) is 0. The average molecular weight is 112 g/mol. The first-order chi connectivity index (χ1) is 0. The second-order valence-corrected chi connectivity index (χ2v) is 0. The van der Waals surface area contributed by atoms with E-state index in [2.05, 4.69) is 0 Å². The van der Waals surface area contributed by atoms with Gasteiger partial charge in [-0.3, -0.25) is 0 Å². The predicted octanol–water partition coefficient (Wildman–Crippen LogP) is -6.31. The van der Waals surface area contributed by atoms with Gasteiger partial charge in [-0.1, -0.05) is 0 Å². The summed E-state index contributed by atoms with van der Waals surface area (Å²) in [7, 11) is 0. The van der Waals surface area contributed by atoms with Gasteiger partial charge in [0, 0.05) is 0 Å². The molecule has 0 aliphatic carbocycles. The Morgan fingerprint density at radius 1 is 0.750 bits per heavy atom. The summed E-state index contributed by atoms with van der Waals surface area (Å²) >= 11 is 0.